The third-order valence-electron chi connectivity index (χ3n) is 5.00. The lowest BCUT2D eigenvalue weighted by Crippen LogP contribution is -2.24. The predicted molar refractivity (Wildman–Crippen MR) is 118 cm³/mol. The molecule has 0 fully saturated rings. The van der Waals surface area contributed by atoms with Crippen molar-refractivity contribution in [2.75, 3.05) is 0 Å². The zero-order chi connectivity index (χ0) is 23.0. The highest BCUT2D eigenvalue weighted by Gasteiger charge is 2.17. The van der Waals surface area contributed by atoms with Gasteiger partial charge in [0.15, 0.2) is 5.69 Å². The van der Waals surface area contributed by atoms with Gasteiger partial charge in [-0.1, -0.05) is 36.4 Å². The number of hydrogen-bond acceptors (Lipinski definition) is 5. The van der Waals surface area contributed by atoms with Crippen LogP contribution in [0.2, 0.25) is 0 Å². The van der Waals surface area contributed by atoms with Crippen molar-refractivity contribution >= 4 is 5.91 Å². The van der Waals surface area contributed by atoms with Crippen molar-refractivity contribution in [1.29, 1.82) is 0 Å². The number of carbonyl (C=O) groups is 1. The summed E-state index contributed by atoms with van der Waals surface area (Å²) in [4.78, 5) is 22.6. The molecule has 4 rings (SSSR count). The summed E-state index contributed by atoms with van der Waals surface area (Å²) in [6, 6.07) is 16.8. The summed E-state index contributed by atoms with van der Waals surface area (Å²) >= 11 is 0. The van der Waals surface area contributed by atoms with Gasteiger partial charge in [0.25, 0.3) is 5.91 Å². The van der Waals surface area contributed by atoms with E-state index in [0.717, 1.165) is 17.2 Å². The molecule has 0 spiro atoms. The number of nitrogens with one attached hydrogen (secondary N) is 1. The molecule has 1 N–H and O–H groups in total. The topological polar surface area (TPSA) is 71.3 Å². The number of hydrogen-bond donors (Lipinski definition) is 1. The van der Waals surface area contributed by atoms with Crippen LogP contribution in [0.5, 0.6) is 0 Å². The average Bonchev–Trinajstić information content (AvgIpc) is 3.29. The van der Waals surface area contributed by atoms with E-state index in [4.69, 9.17) is 4.42 Å². The number of oxazole rings is 1. The van der Waals surface area contributed by atoms with Gasteiger partial charge < -0.3 is 9.73 Å². The van der Waals surface area contributed by atoms with Gasteiger partial charge in [-0.3, -0.25) is 14.7 Å². The smallest absolute Gasteiger partial charge is 0.273 e. The minimum atomic E-state index is -0.624. The van der Waals surface area contributed by atoms with Gasteiger partial charge in [0.05, 0.1) is 6.54 Å². The first-order chi connectivity index (χ1) is 16.1. The lowest BCUT2D eigenvalue weighted by Gasteiger charge is -2.21. The van der Waals surface area contributed by atoms with Crippen LogP contribution in [0.3, 0.4) is 0 Å². The normalized spacial score (nSPS) is 11.0. The minimum absolute atomic E-state index is 0.159. The van der Waals surface area contributed by atoms with E-state index in [1.165, 1.54) is 18.4 Å². The molecule has 0 aliphatic rings. The van der Waals surface area contributed by atoms with Crippen LogP contribution in [0.4, 0.5) is 8.78 Å². The van der Waals surface area contributed by atoms with E-state index < -0.39 is 11.6 Å². The molecule has 168 valence electrons. The maximum Gasteiger partial charge on any atom is 0.273 e. The monoisotopic (exact) mass is 448 g/mol. The third kappa shape index (κ3) is 6.30. The maximum absolute atomic E-state index is 14.3. The molecule has 8 heteroatoms. The summed E-state index contributed by atoms with van der Waals surface area (Å²) in [7, 11) is 0. The van der Waals surface area contributed by atoms with Crippen LogP contribution in [0.15, 0.2) is 83.7 Å². The summed E-state index contributed by atoms with van der Waals surface area (Å²) in [6.45, 7) is 1.29. The van der Waals surface area contributed by atoms with Crippen molar-refractivity contribution in [3.8, 4) is 0 Å². The maximum atomic E-state index is 14.3. The largest absolute Gasteiger partial charge is 0.447 e. The standard InChI is InChI=1S/C25H22F2N4O2/c26-21-7-6-20(22(27)12-21)15-31(14-19-4-2-1-3-5-19)16-24-30-23(17-33-24)25(32)29-13-18-8-10-28-11-9-18/h1-12,17H,13-16H2,(H,29,32). The highest BCUT2D eigenvalue weighted by molar-refractivity contribution is 5.91. The fourth-order valence-electron chi connectivity index (χ4n) is 3.35. The Morgan fingerprint density at radius 1 is 0.939 bits per heavy atom. The van der Waals surface area contributed by atoms with Crippen LogP contribution in [-0.4, -0.2) is 20.8 Å². The van der Waals surface area contributed by atoms with Crippen molar-refractivity contribution < 1.29 is 18.0 Å². The molecule has 0 radical (unpaired) electrons. The number of amides is 1. The van der Waals surface area contributed by atoms with Gasteiger partial charge in [0.2, 0.25) is 5.89 Å². The van der Waals surface area contributed by atoms with Crippen LogP contribution in [-0.2, 0) is 26.2 Å². The van der Waals surface area contributed by atoms with Crippen LogP contribution in [0.1, 0.15) is 33.1 Å². The van der Waals surface area contributed by atoms with Crippen LogP contribution in [0.25, 0.3) is 0 Å². The highest BCUT2D eigenvalue weighted by Crippen LogP contribution is 2.17. The molecule has 0 aliphatic carbocycles. The van der Waals surface area contributed by atoms with E-state index in [1.807, 2.05) is 47.4 Å². The van der Waals surface area contributed by atoms with E-state index in [-0.39, 0.29) is 24.7 Å². The summed E-state index contributed by atoms with van der Waals surface area (Å²) in [5, 5.41) is 2.79. The van der Waals surface area contributed by atoms with Gasteiger partial charge in [0, 0.05) is 43.7 Å². The molecular weight excluding hydrogens is 426 g/mol. The number of benzene rings is 2. The molecule has 33 heavy (non-hydrogen) atoms. The summed E-state index contributed by atoms with van der Waals surface area (Å²) < 4.78 is 33.1. The van der Waals surface area contributed by atoms with Crippen molar-refractivity contribution in [2.24, 2.45) is 0 Å². The van der Waals surface area contributed by atoms with Gasteiger partial charge in [-0.25, -0.2) is 13.8 Å². The molecule has 6 nitrogen and oxygen atoms in total. The van der Waals surface area contributed by atoms with Crippen molar-refractivity contribution in [3.05, 3.63) is 119 Å². The molecule has 0 unspecified atom stereocenters. The van der Waals surface area contributed by atoms with E-state index in [0.29, 0.717) is 24.5 Å². The van der Waals surface area contributed by atoms with Crippen LogP contribution in [0, 0.1) is 11.6 Å². The predicted octanol–water partition coefficient (Wildman–Crippen LogP) is 4.48. The zero-order valence-corrected chi connectivity index (χ0v) is 17.7. The molecular formula is C25H22F2N4O2. The first kappa shape index (κ1) is 22.3. The van der Waals surface area contributed by atoms with Crippen molar-refractivity contribution in [2.45, 2.75) is 26.2 Å². The zero-order valence-electron chi connectivity index (χ0n) is 17.7. The number of aromatic nitrogens is 2. The molecule has 0 bridgehead atoms. The molecule has 1 amide bonds. The van der Waals surface area contributed by atoms with E-state index in [9.17, 15) is 13.6 Å². The van der Waals surface area contributed by atoms with Crippen LogP contribution < -0.4 is 5.32 Å². The van der Waals surface area contributed by atoms with Crippen molar-refractivity contribution in [1.82, 2.24) is 20.2 Å². The number of rotatable bonds is 9. The van der Waals surface area contributed by atoms with E-state index in [1.54, 1.807) is 12.4 Å². The molecule has 2 aromatic carbocycles. The molecule has 4 aromatic rings. The minimum Gasteiger partial charge on any atom is -0.447 e. The Bertz CT molecular complexity index is 1200. The second kappa shape index (κ2) is 10.6. The van der Waals surface area contributed by atoms with Gasteiger partial charge in [-0.15, -0.1) is 0 Å². The van der Waals surface area contributed by atoms with Gasteiger partial charge in [-0.05, 0) is 29.3 Å². The summed E-state index contributed by atoms with van der Waals surface area (Å²) in [6.07, 6.45) is 4.61. The fourth-order valence-corrected chi connectivity index (χ4v) is 3.35. The molecule has 0 atom stereocenters. The Balaban J connectivity index is 1.45. The van der Waals surface area contributed by atoms with Crippen molar-refractivity contribution in [3.63, 3.8) is 0 Å². The number of nitrogens with zero attached hydrogens (tertiary/aromatic N) is 3. The van der Waals surface area contributed by atoms with Crippen LogP contribution >= 0.6 is 0 Å². The Labute approximate surface area is 189 Å². The lowest BCUT2D eigenvalue weighted by molar-refractivity contribution is 0.0945. The average molecular weight is 448 g/mol. The Morgan fingerprint density at radius 3 is 2.48 bits per heavy atom. The summed E-state index contributed by atoms with van der Waals surface area (Å²) in [5.41, 5.74) is 2.44. The number of carbonyl (C=O) groups excluding carboxylic acids is 1. The number of halogens is 2. The summed E-state index contributed by atoms with van der Waals surface area (Å²) in [5.74, 6) is -1.28. The second-order valence-corrected chi connectivity index (χ2v) is 7.53. The lowest BCUT2D eigenvalue weighted by atomic mass is 10.1. The molecule has 0 saturated carbocycles. The second-order valence-electron chi connectivity index (χ2n) is 7.53. The Kier molecular flexibility index (Phi) is 7.16. The highest BCUT2D eigenvalue weighted by atomic mass is 19.1. The molecule has 2 aromatic heterocycles. The number of pyridine rings is 1. The van der Waals surface area contributed by atoms with E-state index in [2.05, 4.69) is 15.3 Å². The SMILES string of the molecule is O=C(NCc1ccncc1)c1coc(CN(Cc2ccccc2)Cc2ccc(F)cc2F)n1. The van der Waals surface area contributed by atoms with Gasteiger partial charge >= 0.3 is 0 Å². The first-order valence-electron chi connectivity index (χ1n) is 10.4. The molecule has 2 heterocycles. The van der Waals surface area contributed by atoms with Gasteiger partial charge in [0.1, 0.15) is 17.9 Å². The Morgan fingerprint density at radius 2 is 1.73 bits per heavy atom. The third-order valence-corrected chi connectivity index (χ3v) is 5.00. The Hall–Kier alpha value is -3.91. The molecule has 0 aliphatic heterocycles. The molecule has 0 saturated heterocycles. The van der Waals surface area contributed by atoms with Gasteiger partial charge in [-0.2, -0.15) is 0 Å². The quantitative estimate of drug-likeness (QED) is 0.409. The van der Waals surface area contributed by atoms with E-state index >= 15 is 0 Å². The fraction of sp³-hybridized carbons (Fsp3) is 0.160. The first-order valence-corrected chi connectivity index (χ1v) is 10.4.